The summed E-state index contributed by atoms with van der Waals surface area (Å²) < 4.78 is 0. The summed E-state index contributed by atoms with van der Waals surface area (Å²) in [6, 6.07) is -0.389. The molecule has 0 aromatic rings. The number of hydrogen-bond acceptors (Lipinski definition) is 2. The molecule has 3 amide bonds. The standard InChI is InChI=1S/C10H15N2O2/c1-4-8-7(3)6-12(9(8)13)10(14)11-5-2/h6,8H,2,4-5H2,1,3H3,(H,11,14). The molecule has 0 aromatic carbocycles. The Morgan fingerprint density at radius 2 is 2.36 bits per heavy atom. The normalized spacial score (nSPS) is 21.1. The van der Waals surface area contributed by atoms with Crippen LogP contribution in [-0.2, 0) is 4.79 Å². The van der Waals surface area contributed by atoms with Crippen LogP contribution in [0, 0.1) is 12.8 Å². The van der Waals surface area contributed by atoms with Crippen LogP contribution >= 0.6 is 0 Å². The maximum atomic E-state index is 11.7. The van der Waals surface area contributed by atoms with Gasteiger partial charge < -0.3 is 5.32 Å². The van der Waals surface area contributed by atoms with E-state index < -0.39 is 0 Å². The molecule has 4 heteroatoms. The molecule has 1 atom stereocenters. The third kappa shape index (κ3) is 1.78. The smallest absolute Gasteiger partial charge is 0.328 e. The highest BCUT2D eigenvalue weighted by Crippen LogP contribution is 2.25. The lowest BCUT2D eigenvalue weighted by Gasteiger charge is -2.13. The van der Waals surface area contributed by atoms with Gasteiger partial charge in [0.2, 0.25) is 5.91 Å². The minimum Gasteiger partial charge on any atom is -0.337 e. The highest BCUT2D eigenvalue weighted by atomic mass is 16.2. The fourth-order valence-corrected chi connectivity index (χ4v) is 1.57. The summed E-state index contributed by atoms with van der Waals surface area (Å²) in [5, 5.41) is 2.49. The highest BCUT2D eigenvalue weighted by Gasteiger charge is 2.33. The Bertz CT molecular complexity index is 284. The Kier molecular flexibility index (Phi) is 3.28. The van der Waals surface area contributed by atoms with E-state index in [1.54, 1.807) is 6.20 Å². The van der Waals surface area contributed by atoms with E-state index in [1.807, 2.05) is 13.8 Å². The van der Waals surface area contributed by atoms with E-state index in [4.69, 9.17) is 0 Å². The molecule has 0 fully saturated rings. The maximum absolute atomic E-state index is 11.7. The zero-order chi connectivity index (χ0) is 10.7. The van der Waals surface area contributed by atoms with Gasteiger partial charge in [0.25, 0.3) is 0 Å². The van der Waals surface area contributed by atoms with Gasteiger partial charge in [-0.3, -0.25) is 4.79 Å². The molecule has 1 radical (unpaired) electrons. The zero-order valence-corrected chi connectivity index (χ0v) is 8.54. The van der Waals surface area contributed by atoms with Crippen molar-refractivity contribution < 1.29 is 9.59 Å². The van der Waals surface area contributed by atoms with Gasteiger partial charge in [0.1, 0.15) is 0 Å². The quantitative estimate of drug-likeness (QED) is 0.722. The Balaban J connectivity index is 2.75. The molecule has 0 spiro atoms. The van der Waals surface area contributed by atoms with Crippen LogP contribution in [0.3, 0.4) is 0 Å². The van der Waals surface area contributed by atoms with Crippen LogP contribution in [-0.4, -0.2) is 23.4 Å². The molecule has 1 aliphatic heterocycles. The van der Waals surface area contributed by atoms with Crippen LogP contribution in [0.15, 0.2) is 11.8 Å². The fraction of sp³-hybridized carbons (Fsp3) is 0.500. The third-order valence-electron chi connectivity index (χ3n) is 2.32. The second-order valence-corrected chi connectivity index (χ2v) is 3.27. The molecule has 0 aliphatic carbocycles. The Morgan fingerprint density at radius 1 is 1.71 bits per heavy atom. The van der Waals surface area contributed by atoms with E-state index in [1.165, 1.54) is 0 Å². The van der Waals surface area contributed by atoms with Crippen LogP contribution in [0.1, 0.15) is 20.3 Å². The first kappa shape index (κ1) is 10.8. The van der Waals surface area contributed by atoms with Gasteiger partial charge in [-0.25, -0.2) is 9.69 Å². The van der Waals surface area contributed by atoms with Crippen molar-refractivity contribution in [1.82, 2.24) is 10.2 Å². The van der Waals surface area contributed by atoms with Gasteiger partial charge >= 0.3 is 6.03 Å². The molecule has 1 rings (SSSR count). The maximum Gasteiger partial charge on any atom is 0.328 e. The second-order valence-electron chi connectivity index (χ2n) is 3.27. The number of carbonyl (C=O) groups is 2. The molecule has 1 aliphatic rings. The van der Waals surface area contributed by atoms with Crippen molar-refractivity contribution in [2.75, 3.05) is 6.54 Å². The number of imide groups is 1. The SMILES string of the molecule is [CH2]CNC(=O)N1C=C(C)C(CC)C1=O. The molecule has 1 N–H and O–H groups in total. The van der Waals surface area contributed by atoms with Gasteiger partial charge in [-0.2, -0.15) is 0 Å². The van der Waals surface area contributed by atoms with E-state index in [9.17, 15) is 9.59 Å². The molecule has 0 aromatic heterocycles. The van der Waals surface area contributed by atoms with E-state index in [2.05, 4.69) is 12.2 Å². The average molecular weight is 195 g/mol. The molecule has 1 unspecified atom stereocenters. The van der Waals surface area contributed by atoms with Crippen LogP contribution in [0.4, 0.5) is 4.79 Å². The molecule has 0 saturated carbocycles. The lowest BCUT2D eigenvalue weighted by atomic mass is 10.0. The first-order valence-electron chi connectivity index (χ1n) is 4.70. The second kappa shape index (κ2) is 4.26. The van der Waals surface area contributed by atoms with Crippen molar-refractivity contribution in [2.24, 2.45) is 5.92 Å². The third-order valence-corrected chi connectivity index (χ3v) is 2.32. The monoisotopic (exact) mass is 195 g/mol. The molecule has 0 saturated heterocycles. The highest BCUT2D eigenvalue weighted by molar-refractivity contribution is 6.00. The van der Waals surface area contributed by atoms with Gasteiger partial charge in [-0.1, -0.05) is 6.92 Å². The first-order valence-corrected chi connectivity index (χ1v) is 4.70. The van der Waals surface area contributed by atoms with E-state index in [0.717, 1.165) is 16.9 Å². The first-order chi connectivity index (χ1) is 6.61. The fourth-order valence-electron chi connectivity index (χ4n) is 1.57. The molecule has 77 valence electrons. The van der Waals surface area contributed by atoms with Crippen molar-refractivity contribution in [3.63, 3.8) is 0 Å². The van der Waals surface area contributed by atoms with Crippen molar-refractivity contribution in [3.05, 3.63) is 18.7 Å². The van der Waals surface area contributed by atoms with Crippen molar-refractivity contribution in [1.29, 1.82) is 0 Å². The van der Waals surface area contributed by atoms with Crippen molar-refractivity contribution in [3.8, 4) is 0 Å². The summed E-state index contributed by atoms with van der Waals surface area (Å²) in [6.07, 6.45) is 2.33. The van der Waals surface area contributed by atoms with E-state index in [0.29, 0.717) is 0 Å². The Labute approximate surface area is 84.0 Å². The van der Waals surface area contributed by atoms with Crippen LogP contribution in [0.5, 0.6) is 0 Å². The number of carbonyl (C=O) groups excluding carboxylic acids is 2. The summed E-state index contributed by atoms with van der Waals surface area (Å²) in [6.45, 7) is 7.57. The predicted octanol–water partition coefficient (Wildman–Crippen LogP) is 1.30. The molecule has 14 heavy (non-hydrogen) atoms. The van der Waals surface area contributed by atoms with Crippen LogP contribution < -0.4 is 5.32 Å². The van der Waals surface area contributed by atoms with Gasteiger partial charge in [-0.05, 0) is 25.8 Å². The zero-order valence-electron chi connectivity index (χ0n) is 8.54. The van der Waals surface area contributed by atoms with Gasteiger partial charge in [-0.15, -0.1) is 0 Å². The minimum absolute atomic E-state index is 0.134. The summed E-state index contributed by atoms with van der Waals surface area (Å²) in [5.41, 5.74) is 0.941. The number of amides is 3. The largest absolute Gasteiger partial charge is 0.337 e. The number of nitrogens with zero attached hydrogens (tertiary/aromatic N) is 1. The van der Waals surface area contributed by atoms with Crippen LogP contribution in [0.25, 0.3) is 0 Å². The molecule has 4 nitrogen and oxygen atoms in total. The molecule has 1 heterocycles. The van der Waals surface area contributed by atoms with Crippen molar-refractivity contribution in [2.45, 2.75) is 20.3 Å². The summed E-state index contributed by atoms with van der Waals surface area (Å²) in [4.78, 5) is 24.2. The summed E-state index contributed by atoms with van der Waals surface area (Å²) in [5.74, 6) is -0.276. The van der Waals surface area contributed by atoms with Crippen molar-refractivity contribution >= 4 is 11.9 Å². The van der Waals surface area contributed by atoms with Crippen LogP contribution in [0.2, 0.25) is 0 Å². The minimum atomic E-state index is -0.389. The number of rotatable bonds is 2. The molecular formula is C10H15N2O2. The Hall–Kier alpha value is -1.32. The molecule has 0 bridgehead atoms. The van der Waals surface area contributed by atoms with E-state index in [-0.39, 0.29) is 24.4 Å². The lowest BCUT2D eigenvalue weighted by molar-refractivity contribution is -0.127. The Morgan fingerprint density at radius 3 is 2.79 bits per heavy atom. The summed E-state index contributed by atoms with van der Waals surface area (Å²) >= 11 is 0. The van der Waals surface area contributed by atoms with Gasteiger partial charge in [0.05, 0.1) is 5.92 Å². The van der Waals surface area contributed by atoms with Gasteiger partial charge in [0, 0.05) is 12.7 Å². The number of urea groups is 1. The lowest BCUT2D eigenvalue weighted by Crippen LogP contribution is -2.39. The summed E-state index contributed by atoms with van der Waals surface area (Å²) in [7, 11) is 0. The topological polar surface area (TPSA) is 49.4 Å². The van der Waals surface area contributed by atoms with Gasteiger partial charge in [0.15, 0.2) is 0 Å². The number of nitrogens with one attached hydrogen (secondary N) is 1. The molecular weight excluding hydrogens is 180 g/mol. The number of hydrogen-bond donors (Lipinski definition) is 1. The van der Waals surface area contributed by atoms with E-state index >= 15 is 0 Å². The predicted molar refractivity (Wildman–Crippen MR) is 53.1 cm³/mol. The average Bonchev–Trinajstić information content (AvgIpc) is 2.42.